The fraction of sp³-hybridized carbons (Fsp3) is 0.364. The van der Waals surface area contributed by atoms with Crippen molar-refractivity contribution in [2.45, 2.75) is 4.90 Å². The molecule has 0 fully saturated rings. The lowest BCUT2D eigenvalue weighted by molar-refractivity contribution is -0.118. The summed E-state index contributed by atoms with van der Waals surface area (Å²) in [4.78, 5) is 11.9. The molecule has 1 aromatic rings. The highest BCUT2D eigenvalue weighted by molar-refractivity contribution is 7.85. The molecule has 0 bridgehead atoms. The third-order valence-electron chi connectivity index (χ3n) is 2.05. The summed E-state index contributed by atoms with van der Waals surface area (Å²) in [6.07, 6.45) is 0. The van der Waals surface area contributed by atoms with Gasteiger partial charge in [0.1, 0.15) is 11.5 Å². The Morgan fingerprint density at radius 1 is 1.41 bits per heavy atom. The highest BCUT2D eigenvalue weighted by Crippen LogP contribution is 2.14. The molecule has 0 aromatic heterocycles. The smallest absolute Gasteiger partial charge is 0.233 e. The van der Waals surface area contributed by atoms with E-state index in [9.17, 15) is 9.00 Å². The minimum atomic E-state index is -1.34. The van der Waals surface area contributed by atoms with Crippen molar-refractivity contribution in [3.8, 4) is 5.75 Å². The van der Waals surface area contributed by atoms with Gasteiger partial charge in [-0.05, 0) is 24.3 Å². The largest absolute Gasteiger partial charge is 0.497 e. The number of carbonyl (C=O) groups excluding carboxylic acids is 1. The number of hydrogen-bond donors (Lipinski definition) is 2. The summed E-state index contributed by atoms with van der Waals surface area (Å²) in [7, 11) is 0.226. The molecule has 0 saturated heterocycles. The second kappa shape index (κ2) is 7.03. The Hall–Kier alpha value is -1.40. The first-order valence-corrected chi connectivity index (χ1v) is 6.48. The summed E-state index contributed by atoms with van der Waals surface area (Å²) in [6.45, 7) is 0.777. The third-order valence-corrected chi connectivity index (χ3v) is 3.37. The molecule has 0 aliphatic heterocycles. The van der Waals surface area contributed by atoms with E-state index in [2.05, 4.69) is 5.32 Å². The standard InChI is InChI=1S/C11H16N2O3S/c1-16-9-2-4-10(5-3-9)17(15)8-11(14)13-7-6-12/h2-5H,6-8,12H2,1H3,(H,13,14). The SMILES string of the molecule is COc1ccc(S(=O)CC(=O)NCCN)cc1. The summed E-state index contributed by atoms with van der Waals surface area (Å²) >= 11 is 0. The van der Waals surface area contributed by atoms with Crippen molar-refractivity contribution >= 4 is 16.7 Å². The van der Waals surface area contributed by atoms with Gasteiger partial charge in [0, 0.05) is 18.0 Å². The topological polar surface area (TPSA) is 81.4 Å². The van der Waals surface area contributed by atoms with Gasteiger partial charge in [0.15, 0.2) is 0 Å². The van der Waals surface area contributed by atoms with Crippen molar-refractivity contribution < 1.29 is 13.7 Å². The lowest BCUT2D eigenvalue weighted by Gasteiger charge is -2.05. The summed E-state index contributed by atoms with van der Waals surface area (Å²) in [5.74, 6) is 0.384. The van der Waals surface area contributed by atoms with E-state index in [0.29, 0.717) is 23.7 Å². The molecule has 3 N–H and O–H groups in total. The van der Waals surface area contributed by atoms with Crippen molar-refractivity contribution in [3.05, 3.63) is 24.3 Å². The molecule has 0 radical (unpaired) electrons. The summed E-state index contributed by atoms with van der Waals surface area (Å²) < 4.78 is 16.8. The van der Waals surface area contributed by atoms with Crippen molar-refractivity contribution in [3.63, 3.8) is 0 Å². The zero-order valence-electron chi connectivity index (χ0n) is 9.64. The van der Waals surface area contributed by atoms with Crippen LogP contribution in [0.4, 0.5) is 0 Å². The molecule has 0 heterocycles. The molecule has 1 unspecified atom stereocenters. The highest BCUT2D eigenvalue weighted by Gasteiger charge is 2.09. The van der Waals surface area contributed by atoms with Crippen LogP contribution in [0, 0.1) is 0 Å². The second-order valence-electron chi connectivity index (χ2n) is 3.30. The number of amides is 1. The van der Waals surface area contributed by atoms with E-state index in [-0.39, 0.29) is 11.7 Å². The maximum Gasteiger partial charge on any atom is 0.233 e. The van der Waals surface area contributed by atoms with Crippen LogP contribution < -0.4 is 15.8 Å². The van der Waals surface area contributed by atoms with Gasteiger partial charge in [-0.3, -0.25) is 9.00 Å². The van der Waals surface area contributed by atoms with E-state index in [0.717, 1.165) is 0 Å². The predicted molar refractivity (Wildman–Crippen MR) is 66.3 cm³/mol. The lowest BCUT2D eigenvalue weighted by Crippen LogP contribution is -2.32. The van der Waals surface area contributed by atoms with Gasteiger partial charge in [-0.1, -0.05) is 0 Å². The Kier molecular flexibility index (Phi) is 5.65. The molecule has 6 heteroatoms. The Morgan fingerprint density at radius 2 is 2.06 bits per heavy atom. The van der Waals surface area contributed by atoms with E-state index in [4.69, 9.17) is 10.5 Å². The van der Waals surface area contributed by atoms with Crippen LogP contribution >= 0.6 is 0 Å². The number of nitrogens with one attached hydrogen (secondary N) is 1. The average molecular weight is 256 g/mol. The van der Waals surface area contributed by atoms with Crippen LogP contribution in [0.25, 0.3) is 0 Å². The number of ether oxygens (including phenoxy) is 1. The van der Waals surface area contributed by atoms with Crippen molar-refractivity contribution in [1.82, 2.24) is 5.32 Å². The van der Waals surface area contributed by atoms with Gasteiger partial charge in [0.05, 0.1) is 17.9 Å². The molecule has 1 aromatic carbocycles. The fourth-order valence-electron chi connectivity index (χ4n) is 1.19. The van der Waals surface area contributed by atoms with E-state index in [1.807, 2.05) is 0 Å². The van der Waals surface area contributed by atoms with Crippen LogP contribution in [0.1, 0.15) is 0 Å². The third kappa shape index (κ3) is 4.54. The van der Waals surface area contributed by atoms with Gasteiger partial charge >= 0.3 is 0 Å². The fourth-order valence-corrected chi connectivity index (χ4v) is 2.14. The zero-order valence-corrected chi connectivity index (χ0v) is 10.5. The molecule has 0 aliphatic rings. The van der Waals surface area contributed by atoms with Crippen LogP contribution in [-0.2, 0) is 15.6 Å². The van der Waals surface area contributed by atoms with Crippen molar-refractivity contribution in [1.29, 1.82) is 0 Å². The number of rotatable bonds is 6. The van der Waals surface area contributed by atoms with Crippen LogP contribution in [0.5, 0.6) is 5.75 Å². The number of hydrogen-bond acceptors (Lipinski definition) is 4. The predicted octanol–water partition coefficient (Wildman–Crippen LogP) is -0.122. The van der Waals surface area contributed by atoms with Gasteiger partial charge in [-0.2, -0.15) is 0 Å². The lowest BCUT2D eigenvalue weighted by atomic mass is 10.3. The first-order chi connectivity index (χ1) is 8.17. The van der Waals surface area contributed by atoms with E-state index in [1.54, 1.807) is 31.4 Å². The summed E-state index contributed by atoms with van der Waals surface area (Å²) in [5.41, 5.74) is 5.25. The Morgan fingerprint density at radius 3 is 2.59 bits per heavy atom. The van der Waals surface area contributed by atoms with Crippen LogP contribution in [0.2, 0.25) is 0 Å². The number of carbonyl (C=O) groups is 1. The zero-order chi connectivity index (χ0) is 12.7. The first kappa shape index (κ1) is 13.7. The summed E-state index contributed by atoms with van der Waals surface area (Å²) in [5, 5.41) is 2.57. The Bertz CT molecular complexity index is 392. The Labute approximate surface area is 103 Å². The molecule has 1 rings (SSSR count). The van der Waals surface area contributed by atoms with Gasteiger partial charge in [-0.25, -0.2) is 0 Å². The molecule has 1 amide bonds. The number of benzene rings is 1. The van der Waals surface area contributed by atoms with Crippen molar-refractivity contribution in [2.24, 2.45) is 5.73 Å². The molecule has 5 nitrogen and oxygen atoms in total. The minimum Gasteiger partial charge on any atom is -0.497 e. The maximum atomic E-state index is 11.8. The van der Waals surface area contributed by atoms with Crippen LogP contribution in [0.15, 0.2) is 29.2 Å². The minimum absolute atomic E-state index is 0.0493. The summed E-state index contributed by atoms with van der Waals surface area (Å²) in [6, 6.07) is 6.80. The van der Waals surface area contributed by atoms with Crippen molar-refractivity contribution in [2.75, 3.05) is 26.0 Å². The van der Waals surface area contributed by atoms with Gasteiger partial charge in [-0.15, -0.1) is 0 Å². The molecule has 0 spiro atoms. The van der Waals surface area contributed by atoms with Gasteiger partial charge < -0.3 is 15.8 Å². The van der Waals surface area contributed by atoms with Crippen LogP contribution in [-0.4, -0.2) is 36.1 Å². The normalized spacial score (nSPS) is 11.9. The Balaban J connectivity index is 2.54. The molecular formula is C11H16N2O3S. The molecule has 1 atom stereocenters. The first-order valence-electron chi connectivity index (χ1n) is 5.16. The van der Waals surface area contributed by atoms with E-state index < -0.39 is 10.8 Å². The monoisotopic (exact) mass is 256 g/mol. The molecule has 0 aliphatic carbocycles. The maximum absolute atomic E-state index is 11.8. The highest BCUT2D eigenvalue weighted by atomic mass is 32.2. The van der Waals surface area contributed by atoms with Gasteiger partial charge in [0.2, 0.25) is 5.91 Å². The molecule has 94 valence electrons. The van der Waals surface area contributed by atoms with E-state index >= 15 is 0 Å². The van der Waals surface area contributed by atoms with E-state index in [1.165, 1.54) is 0 Å². The van der Waals surface area contributed by atoms with Gasteiger partial charge in [0.25, 0.3) is 0 Å². The molecule has 17 heavy (non-hydrogen) atoms. The molecule has 0 saturated carbocycles. The average Bonchev–Trinajstić information content (AvgIpc) is 2.36. The quantitative estimate of drug-likeness (QED) is 0.743. The van der Waals surface area contributed by atoms with Crippen LogP contribution in [0.3, 0.4) is 0 Å². The second-order valence-corrected chi connectivity index (χ2v) is 4.76. The molecular weight excluding hydrogens is 240 g/mol. The number of nitrogens with two attached hydrogens (primary N) is 1. The number of methoxy groups -OCH3 is 1.